The van der Waals surface area contributed by atoms with Gasteiger partial charge in [-0.3, -0.25) is 4.79 Å². The van der Waals surface area contributed by atoms with E-state index in [1.807, 2.05) is 56.8 Å². The van der Waals surface area contributed by atoms with E-state index in [9.17, 15) is 34.7 Å². The Hall–Kier alpha value is -3.00. The van der Waals surface area contributed by atoms with Crippen LogP contribution in [0, 0.1) is 29.6 Å². The lowest BCUT2D eigenvalue weighted by Crippen LogP contribution is -2.61. The average Bonchev–Trinajstić information content (AvgIpc) is 3.77. The van der Waals surface area contributed by atoms with Crippen LogP contribution in [0.15, 0.2) is 30.5 Å². The number of carbonyl (C=O) groups is 1. The molecule has 1 aliphatic carbocycles. The molecular weight excluding hydrogens is 998 g/mol. The molecule has 20 nitrogen and oxygen atoms in total. The van der Waals surface area contributed by atoms with E-state index >= 15 is 0 Å². The molecular formula is C56H95FN7O13+. The number of benzene rings is 1. The first kappa shape index (κ1) is 61.6. The molecule has 0 radical (unpaired) electrons. The third-order valence-electron chi connectivity index (χ3n) is 18.4. The van der Waals surface area contributed by atoms with Gasteiger partial charge in [-0.15, -0.1) is 0 Å². The van der Waals surface area contributed by atoms with Crippen molar-refractivity contribution in [1.82, 2.24) is 20.1 Å². The van der Waals surface area contributed by atoms with E-state index in [2.05, 4.69) is 27.3 Å². The van der Waals surface area contributed by atoms with Crippen molar-refractivity contribution in [2.45, 2.75) is 210 Å². The number of aliphatic hydroxyl groups is 5. The number of aromatic amines is 1. The van der Waals surface area contributed by atoms with Gasteiger partial charge < -0.3 is 79.1 Å². The number of likely N-dealkylation sites (N-methyl/N-ethyl adjacent to an activating group) is 2. The van der Waals surface area contributed by atoms with Crippen LogP contribution >= 0.6 is 0 Å². The second kappa shape index (κ2) is 25.0. The fourth-order valence-electron chi connectivity index (χ4n) is 13.2. The Morgan fingerprint density at radius 3 is 2.25 bits per heavy atom. The van der Waals surface area contributed by atoms with Gasteiger partial charge in [0.2, 0.25) is 5.69 Å². The molecule has 8 N–H and O–H groups in total. The first-order chi connectivity index (χ1) is 36.2. The van der Waals surface area contributed by atoms with Gasteiger partial charge in [-0.25, -0.2) is 4.39 Å². The molecule has 0 amide bonds. The van der Waals surface area contributed by atoms with E-state index in [0.717, 1.165) is 24.3 Å². The summed E-state index contributed by atoms with van der Waals surface area (Å²) in [5.74, 6) is -1.74. The predicted octanol–water partition coefficient (Wildman–Crippen LogP) is 2.82. The molecule has 438 valence electrons. The van der Waals surface area contributed by atoms with Gasteiger partial charge in [-0.05, 0) is 117 Å². The second-order valence-corrected chi connectivity index (χ2v) is 24.5. The van der Waals surface area contributed by atoms with Gasteiger partial charge >= 0.3 is 5.97 Å². The van der Waals surface area contributed by atoms with E-state index in [1.54, 1.807) is 59.5 Å². The Kier molecular flexibility index (Phi) is 20.0. The predicted molar refractivity (Wildman–Crippen MR) is 284 cm³/mol. The molecule has 2 aromatic rings. The van der Waals surface area contributed by atoms with Crippen molar-refractivity contribution in [2.75, 3.05) is 66.1 Å². The van der Waals surface area contributed by atoms with E-state index < -0.39 is 127 Å². The van der Waals surface area contributed by atoms with Gasteiger partial charge in [0.25, 0.3) is 0 Å². The summed E-state index contributed by atoms with van der Waals surface area (Å²) in [4.78, 5) is 20.8. The van der Waals surface area contributed by atoms with E-state index in [0.29, 0.717) is 49.5 Å². The molecule has 5 heterocycles. The zero-order chi connectivity index (χ0) is 56.6. The van der Waals surface area contributed by atoms with Crippen LogP contribution in [0.5, 0.6) is 0 Å². The quantitative estimate of drug-likeness (QED) is 0.0943. The number of alkyl halides is 1. The van der Waals surface area contributed by atoms with E-state index in [4.69, 9.17) is 38.9 Å². The Labute approximate surface area is 455 Å². The van der Waals surface area contributed by atoms with Gasteiger partial charge in [0.1, 0.15) is 42.8 Å². The molecule has 2 unspecified atom stereocenters. The van der Waals surface area contributed by atoms with E-state index in [-0.39, 0.29) is 25.2 Å². The van der Waals surface area contributed by atoms with Crippen LogP contribution in [0.3, 0.4) is 0 Å². The van der Waals surface area contributed by atoms with Crippen LogP contribution in [-0.2, 0) is 44.4 Å². The Morgan fingerprint density at radius 2 is 1.64 bits per heavy atom. The number of nitrogens with zero attached hydrogens (tertiary/aromatic N) is 5. The monoisotopic (exact) mass is 1090 g/mol. The van der Waals surface area contributed by atoms with Gasteiger partial charge in [0.05, 0.1) is 41.5 Å². The molecule has 4 saturated heterocycles. The fourth-order valence-corrected chi connectivity index (χ4v) is 13.2. The molecule has 77 heavy (non-hydrogen) atoms. The molecule has 23 atom stereocenters. The number of hydrogen-bond acceptors (Lipinski definition) is 18. The molecule has 0 spiro atoms. The zero-order valence-corrected chi connectivity index (χ0v) is 48.2. The van der Waals surface area contributed by atoms with E-state index in [1.165, 1.54) is 14.0 Å². The number of methoxy groups -OCH3 is 2. The summed E-state index contributed by atoms with van der Waals surface area (Å²) in [5, 5.41) is 67.5. The van der Waals surface area contributed by atoms with Crippen LogP contribution < -0.4 is 15.3 Å². The Bertz CT molecular complexity index is 2200. The number of halogens is 1. The van der Waals surface area contributed by atoms with Crippen molar-refractivity contribution in [2.24, 2.45) is 35.3 Å². The van der Waals surface area contributed by atoms with Crippen molar-refractivity contribution >= 4 is 11.7 Å². The van der Waals surface area contributed by atoms with Crippen LogP contribution in [-0.4, -0.2) is 209 Å². The molecule has 5 fully saturated rings. The summed E-state index contributed by atoms with van der Waals surface area (Å²) in [6.07, 6.45) is -7.72. The molecule has 4 aliphatic heterocycles. The normalized spacial score (nSPS) is 42.6. The molecule has 1 saturated carbocycles. The molecule has 5 aliphatic rings. The smallest absolute Gasteiger partial charge is 0.311 e. The number of anilines is 1. The third-order valence-corrected chi connectivity index (χ3v) is 18.4. The number of cyclic esters (lactones) is 1. The van der Waals surface area contributed by atoms with Gasteiger partial charge in [-0.1, -0.05) is 38.1 Å². The highest BCUT2D eigenvalue weighted by molar-refractivity contribution is 5.73. The Balaban J connectivity index is 1.11. The standard InChI is InChI=1S/C56H94FN7O13/c1-15-43-56(10,70)49(66)34(6)62(12)26-30(2)23-54(8,69)51(32(4)47(33(5)52(68)75-43)76-44-24-55(9,72-14)50(67)35(7)74-44)77-53-46(65)41(22-31(3)73-53)61(11)21-20-37-27-64(60-59-37)42(25-57)48(71-13)36-16-18-38(19-17-36)63-28-39-40(29-63)45(39)58/h16-19,27,30-35,39-51,53,65-67,69-70H,15,20-26,28-29,58H2,1-14H3/p+1/t30-,31-,32+,33-,34-,35+,39-,40+,41+,42?,43-,44+,45?,46-,47+,48-,49-,50+,51-,53+,54-,55-,56-/m1/s1. The lowest BCUT2D eigenvalue weighted by molar-refractivity contribution is -0.784. The van der Waals surface area contributed by atoms with Crippen LogP contribution in [0.1, 0.15) is 118 Å². The van der Waals surface area contributed by atoms with Gasteiger partial charge in [0.15, 0.2) is 24.8 Å². The van der Waals surface area contributed by atoms with Crippen molar-refractivity contribution in [3.8, 4) is 0 Å². The number of rotatable bonds is 16. The highest BCUT2D eigenvalue weighted by atomic mass is 19.1. The van der Waals surface area contributed by atoms with Crippen molar-refractivity contribution < 1.29 is 72.6 Å². The first-order valence-electron chi connectivity index (χ1n) is 28.1. The largest absolute Gasteiger partial charge is 0.459 e. The number of hydrogen-bond donors (Lipinski definition) is 7. The average molecular weight is 1090 g/mol. The van der Waals surface area contributed by atoms with Gasteiger partial charge in [-0.2, -0.15) is 4.68 Å². The number of aliphatic hydroxyl groups excluding tert-OH is 3. The maximum Gasteiger partial charge on any atom is 0.311 e. The van der Waals surface area contributed by atoms with Crippen molar-refractivity contribution in [3.05, 3.63) is 41.7 Å². The number of H-pyrrole nitrogens is 1. The summed E-state index contributed by atoms with van der Waals surface area (Å²) >= 11 is 0. The molecule has 7 rings (SSSR count). The number of fused-ring (bicyclic) bond motifs is 1. The highest BCUT2D eigenvalue weighted by Crippen LogP contribution is 2.46. The lowest BCUT2D eigenvalue weighted by atomic mass is 9.77. The number of aromatic nitrogens is 3. The van der Waals surface area contributed by atoms with Crippen LogP contribution in [0.25, 0.3) is 0 Å². The second-order valence-electron chi connectivity index (χ2n) is 24.5. The summed E-state index contributed by atoms with van der Waals surface area (Å²) in [6, 6.07) is 6.64. The minimum atomic E-state index is -1.85. The topological polar surface area (TPSA) is 251 Å². The molecule has 1 aromatic carbocycles. The minimum absolute atomic E-state index is 0.0881. The van der Waals surface area contributed by atoms with Gasteiger partial charge in [0, 0.05) is 88.1 Å². The van der Waals surface area contributed by atoms with Crippen LogP contribution in [0.4, 0.5) is 10.1 Å². The minimum Gasteiger partial charge on any atom is -0.459 e. The lowest BCUT2D eigenvalue weighted by Gasteiger charge is -2.49. The Morgan fingerprint density at radius 1 is 0.974 bits per heavy atom. The number of carbonyl (C=O) groups excluding carboxylic acids is 1. The fraction of sp³-hybridized carbons (Fsp3) is 0.839. The number of ether oxygens (including phenoxy) is 7. The summed E-state index contributed by atoms with van der Waals surface area (Å²) in [6.45, 7) is 19.6. The molecule has 1 aromatic heterocycles. The number of piperidine rings is 1. The highest BCUT2D eigenvalue weighted by Gasteiger charge is 2.55. The van der Waals surface area contributed by atoms with Crippen molar-refractivity contribution in [1.29, 1.82) is 0 Å². The molecule has 0 bridgehead atoms. The van der Waals surface area contributed by atoms with Crippen molar-refractivity contribution in [3.63, 3.8) is 0 Å². The SMILES string of the molecule is CC[C@H]1OC(=O)[C@H](C)[C@@H](O[C@H]2C[C@@](C)(OC)[C@@H](O)[C@H](C)O2)[C@H](C)[C@@H](O[C@@H]2O[C@H](C)C[C@H](N(C)CCc3c[n+](C(CF)[C@H](OC)c4ccc(N5C[C@@H]6C(N)[C@@H]6C5)cc4)[nH]n3)[C@H]2O)[C@](C)(O)C[C@@H](C)CN(C)[C@H](C)[C@@H](O)[C@]1(C)O. The maximum atomic E-state index is 15.0. The summed E-state index contributed by atoms with van der Waals surface area (Å²) < 4.78 is 61.0. The third kappa shape index (κ3) is 13.4. The maximum absolute atomic E-state index is 15.0. The first-order valence-corrected chi connectivity index (χ1v) is 28.1. The number of nitrogens with one attached hydrogen (secondary N) is 1. The molecule has 21 heteroatoms. The number of nitrogens with two attached hydrogens (primary N) is 1. The summed E-state index contributed by atoms with van der Waals surface area (Å²) in [5.41, 5.74) is 4.23. The van der Waals surface area contributed by atoms with Crippen LogP contribution in [0.2, 0.25) is 0 Å². The summed E-state index contributed by atoms with van der Waals surface area (Å²) in [7, 11) is 6.82. The zero-order valence-electron chi connectivity index (χ0n) is 48.2. The number of esters is 1.